The van der Waals surface area contributed by atoms with Crippen molar-refractivity contribution >= 4 is 43.2 Å². The predicted molar refractivity (Wildman–Crippen MR) is 76.9 cm³/mol. The third kappa shape index (κ3) is 3.75. The third-order valence-corrected chi connectivity index (χ3v) is 4.80. The van der Waals surface area contributed by atoms with E-state index in [1.165, 1.54) is 35.6 Å². The van der Waals surface area contributed by atoms with Gasteiger partial charge in [-0.15, -0.1) is 24.5 Å². The standard InChI is InChI=1S/C12H7Br2F3O2S/c13-9-5-7(11(14)20-9)10(18)6-3-1-2-4-8(6)19-12(15,16)17/h1-5,10,18H. The Morgan fingerprint density at radius 2 is 1.80 bits per heavy atom. The second-order valence-corrected chi connectivity index (χ2v) is 7.52. The average molecular weight is 432 g/mol. The molecule has 0 saturated carbocycles. The number of halogens is 5. The molecule has 1 aromatic heterocycles. The van der Waals surface area contributed by atoms with Crippen LogP contribution in [0.2, 0.25) is 0 Å². The molecular formula is C12H7Br2F3O2S. The number of thiophene rings is 1. The van der Waals surface area contributed by atoms with Crippen LogP contribution in [0.15, 0.2) is 37.9 Å². The second kappa shape index (κ2) is 6.05. The van der Waals surface area contributed by atoms with Crippen LogP contribution < -0.4 is 4.74 Å². The molecular weight excluding hydrogens is 425 g/mol. The molecule has 0 fully saturated rings. The van der Waals surface area contributed by atoms with Crippen molar-refractivity contribution in [1.82, 2.24) is 0 Å². The number of para-hydroxylation sites is 1. The average Bonchev–Trinajstić information content (AvgIpc) is 2.66. The lowest BCUT2D eigenvalue weighted by molar-refractivity contribution is -0.275. The van der Waals surface area contributed by atoms with Gasteiger partial charge in [0.1, 0.15) is 11.9 Å². The first kappa shape index (κ1) is 15.8. The molecule has 8 heteroatoms. The van der Waals surface area contributed by atoms with Crippen LogP contribution in [-0.4, -0.2) is 11.5 Å². The molecule has 0 aliphatic rings. The number of hydrogen-bond donors (Lipinski definition) is 1. The molecule has 1 heterocycles. The van der Waals surface area contributed by atoms with Gasteiger partial charge in [0.25, 0.3) is 0 Å². The molecule has 2 rings (SSSR count). The quantitative estimate of drug-likeness (QED) is 0.718. The summed E-state index contributed by atoms with van der Waals surface area (Å²) in [6.45, 7) is 0. The van der Waals surface area contributed by atoms with Crippen molar-refractivity contribution in [3.05, 3.63) is 49.0 Å². The molecule has 2 aromatic rings. The predicted octanol–water partition coefficient (Wildman–Crippen LogP) is 5.25. The zero-order valence-corrected chi connectivity index (χ0v) is 13.6. The molecule has 0 aliphatic carbocycles. The van der Waals surface area contributed by atoms with Gasteiger partial charge in [-0.2, -0.15) is 0 Å². The van der Waals surface area contributed by atoms with Gasteiger partial charge >= 0.3 is 6.36 Å². The minimum Gasteiger partial charge on any atom is -0.405 e. The summed E-state index contributed by atoms with van der Waals surface area (Å²) in [7, 11) is 0. The highest BCUT2D eigenvalue weighted by Crippen LogP contribution is 2.40. The van der Waals surface area contributed by atoms with E-state index in [4.69, 9.17) is 0 Å². The van der Waals surface area contributed by atoms with Gasteiger partial charge in [0.15, 0.2) is 0 Å². The molecule has 0 spiro atoms. The minimum absolute atomic E-state index is 0.0517. The summed E-state index contributed by atoms with van der Waals surface area (Å²) >= 11 is 7.85. The maximum Gasteiger partial charge on any atom is 0.573 e. The fourth-order valence-corrected chi connectivity index (χ4v) is 4.51. The van der Waals surface area contributed by atoms with Gasteiger partial charge in [-0.3, -0.25) is 0 Å². The van der Waals surface area contributed by atoms with Crippen molar-refractivity contribution in [2.75, 3.05) is 0 Å². The Bertz CT molecular complexity index is 613. The molecule has 0 aliphatic heterocycles. The Morgan fingerprint density at radius 3 is 2.35 bits per heavy atom. The summed E-state index contributed by atoms with van der Waals surface area (Å²) in [5.41, 5.74) is 0.524. The van der Waals surface area contributed by atoms with E-state index in [0.717, 1.165) is 3.79 Å². The molecule has 108 valence electrons. The Balaban J connectivity index is 2.40. The minimum atomic E-state index is -4.80. The molecule has 1 atom stereocenters. The van der Waals surface area contributed by atoms with E-state index in [1.54, 1.807) is 6.07 Å². The van der Waals surface area contributed by atoms with Crippen molar-refractivity contribution < 1.29 is 23.0 Å². The zero-order chi connectivity index (χ0) is 14.9. The molecule has 0 saturated heterocycles. The summed E-state index contributed by atoms with van der Waals surface area (Å²) in [5.74, 6) is -0.415. The largest absolute Gasteiger partial charge is 0.573 e. The van der Waals surface area contributed by atoms with Gasteiger partial charge in [0.2, 0.25) is 0 Å². The van der Waals surface area contributed by atoms with Crippen LogP contribution in [0.5, 0.6) is 5.75 Å². The monoisotopic (exact) mass is 430 g/mol. The van der Waals surface area contributed by atoms with Crippen molar-refractivity contribution in [1.29, 1.82) is 0 Å². The summed E-state index contributed by atoms with van der Waals surface area (Å²) < 4.78 is 42.4. The summed E-state index contributed by atoms with van der Waals surface area (Å²) in [6.07, 6.45) is -6.02. The molecule has 1 aromatic carbocycles. The number of alkyl halides is 3. The van der Waals surface area contributed by atoms with Gasteiger partial charge in [-0.25, -0.2) is 0 Å². The Hall–Kier alpha value is -0.570. The summed E-state index contributed by atoms with van der Waals surface area (Å²) in [6, 6.07) is 7.15. The maximum absolute atomic E-state index is 12.4. The fraction of sp³-hybridized carbons (Fsp3) is 0.167. The van der Waals surface area contributed by atoms with E-state index in [-0.39, 0.29) is 5.56 Å². The van der Waals surface area contributed by atoms with E-state index < -0.39 is 18.2 Å². The molecule has 1 unspecified atom stereocenters. The highest BCUT2D eigenvalue weighted by Gasteiger charge is 2.33. The van der Waals surface area contributed by atoms with Crippen LogP contribution in [-0.2, 0) is 0 Å². The highest BCUT2D eigenvalue weighted by atomic mass is 79.9. The lowest BCUT2D eigenvalue weighted by Gasteiger charge is -2.17. The van der Waals surface area contributed by atoms with Gasteiger partial charge < -0.3 is 9.84 Å². The first-order valence-electron chi connectivity index (χ1n) is 5.25. The SMILES string of the molecule is OC(c1ccccc1OC(F)(F)F)c1cc(Br)sc1Br. The van der Waals surface area contributed by atoms with Crippen molar-refractivity contribution in [3.8, 4) is 5.75 Å². The topological polar surface area (TPSA) is 29.5 Å². The first-order chi connectivity index (χ1) is 9.28. The van der Waals surface area contributed by atoms with Crippen LogP contribution in [0.4, 0.5) is 13.2 Å². The van der Waals surface area contributed by atoms with Crippen molar-refractivity contribution in [2.45, 2.75) is 12.5 Å². The Morgan fingerprint density at radius 1 is 1.15 bits per heavy atom. The number of aliphatic hydroxyl groups excluding tert-OH is 1. The highest BCUT2D eigenvalue weighted by molar-refractivity contribution is 9.12. The lowest BCUT2D eigenvalue weighted by atomic mass is 10.0. The van der Waals surface area contributed by atoms with E-state index in [0.29, 0.717) is 9.35 Å². The maximum atomic E-state index is 12.4. The van der Waals surface area contributed by atoms with E-state index >= 15 is 0 Å². The Kier molecular flexibility index (Phi) is 4.78. The molecule has 0 amide bonds. The van der Waals surface area contributed by atoms with Crippen LogP contribution >= 0.6 is 43.2 Å². The number of ether oxygens (including phenoxy) is 1. The molecule has 1 N–H and O–H groups in total. The summed E-state index contributed by atoms with van der Waals surface area (Å²) in [4.78, 5) is 0. The van der Waals surface area contributed by atoms with E-state index in [2.05, 4.69) is 36.6 Å². The normalized spacial score (nSPS) is 13.3. The first-order valence-corrected chi connectivity index (χ1v) is 7.65. The third-order valence-electron chi connectivity index (χ3n) is 2.42. The van der Waals surface area contributed by atoms with Crippen molar-refractivity contribution in [2.24, 2.45) is 0 Å². The Labute approximate surface area is 133 Å². The molecule has 2 nitrogen and oxygen atoms in total. The van der Waals surface area contributed by atoms with E-state index in [9.17, 15) is 18.3 Å². The second-order valence-electron chi connectivity index (χ2n) is 3.77. The van der Waals surface area contributed by atoms with Crippen LogP contribution in [0.3, 0.4) is 0 Å². The fourth-order valence-electron chi connectivity index (χ4n) is 1.63. The zero-order valence-electron chi connectivity index (χ0n) is 9.62. The van der Waals surface area contributed by atoms with Crippen LogP contribution in [0.1, 0.15) is 17.2 Å². The lowest BCUT2D eigenvalue weighted by Crippen LogP contribution is -2.18. The number of benzene rings is 1. The van der Waals surface area contributed by atoms with Gasteiger partial charge in [0, 0.05) is 11.1 Å². The number of aliphatic hydroxyl groups is 1. The number of rotatable bonds is 3. The van der Waals surface area contributed by atoms with Crippen molar-refractivity contribution in [3.63, 3.8) is 0 Å². The molecule has 0 bridgehead atoms. The van der Waals surface area contributed by atoms with E-state index in [1.807, 2.05) is 0 Å². The van der Waals surface area contributed by atoms with Gasteiger partial charge in [-0.05, 0) is 44.0 Å². The summed E-state index contributed by atoms with van der Waals surface area (Å²) in [5, 5.41) is 10.3. The molecule has 20 heavy (non-hydrogen) atoms. The van der Waals surface area contributed by atoms with Gasteiger partial charge in [0.05, 0.1) is 7.57 Å². The van der Waals surface area contributed by atoms with Crippen LogP contribution in [0, 0.1) is 0 Å². The smallest absolute Gasteiger partial charge is 0.405 e. The molecule has 0 radical (unpaired) electrons. The van der Waals surface area contributed by atoms with Gasteiger partial charge in [-0.1, -0.05) is 18.2 Å². The number of hydrogen-bond acceptors (Lipinski definition) is 3. The van der Waals surface area contributed by atoms with Crippen LogP contribution in [0.25, 0.3) is 0 Å².